The highest BCUT2D eigenvalue weighted by molar-refractivity contribution is 6.31. The molecule has 1 aliphatic carbocycles. The fourth-order valence-electron chi connectivity index (χ4n) is 3.86. The lowest BCUT2D eigenvalue weighted by Gasteiger charge is -2.22. The SMILES string of the molecule is C1CCOCC1.CC.CC#N.FC1CCC(c2nc3c(cnc4ccc(Cl)cc43)[nH]2)CC1. The highest BCUT2D eigenvalue weighted by Crippen LogP contribution is 2.34. The molecule has 2 aliphatic rings. The van der Waals surface area contributed by atoms with Crippen molar-refractivity contribution < 1.29 is 9.13 Å². The van der Waals surface area contributed by atoms with E-state index in [2.05, 4.69) is 9.97 Å². The molecule has 0 radical (unpaired) electrons. The first kappa shape index (κ1) is 26.0. The number of halogens is 2. The number of fused-ring (bicyclic) bond motifs is 3. The molecular formula is C25H34ClFN4O. The quantitative estimate of drug-likeness (QED) is 0.407. The van der Waals surface area contributed by atoms with E-state index in [0.29, 0.717) is 23.8 Å². The molecule has 1 aliphatic heterocycles. The van der Waals surface area contributed by atoms with Crippen molar-refractivity contribution in [3.63, 3.8) is 0 Å². The molecule has 5 rings (SSSR count). The number of H-pyrrole nitrogens is 1. The number of ether oxygens (including phenoxy) is 1. The maximum absolute atomic E-state index is 13.3. The van der Waals surface area contributed by atoms with Gasteiger partial charge < -0.3 is 9.72 Å². The molecule has 174 valence electrons. The molecular weight excluding hydrogens is 427 g/mol. The lowest BCUT2D eigenvalue weighted by atomic mass is 9.88. The first-order valence-electron chi connectivity index (χ1n) is 11.6. The second kappa shape index (κ2) is 14.0. The molecule has 2 aromatic heterocycles. The third-order valence-corrected chi connectivity index (χ3v) is 5.65. The van der Waals surface area contributed by atoms with Gasteiger partial charge in [-0.1, -0.05) is 25.4 Å². The Bertz CT molecular complexity index is 977. The Hall–Kier alpha value is -2.23. The van der Waals surface area contributed by atoms with E-state index in [-0.39, 0.29) is 0 Å². The van der Waals surface area contributed by atoms with Gasteiger partial charge in [0.2, 0.25) is 0 Å². The van der Waals surface area contributed by atoms with Crippen molar-refractivity contribution in [1.29, 1.82) is 5.26 Å². The van der Waals surface area contributed by atoms with Gasteiger partial charge in [0.1, 0.15) is 12.0 Å². The van der Waals surface area contributed by atoms with Crippen molar-refractivity contribution in [3.05, 3.63) is 35.2 Å². The van der Waals surface area contributed by atoms with E-state index in [1.807, 2.05) is 38.2 Å². The van der Waals surface area contributed by atoms with E-state index in [1.54, 1.807) is 6.07 Å². The minimum absolute atomic E-state index is 0.318. The van der Waals surface area contributed by atoms with Gasteiger partial charge >= 0.3 is 0 Å². The molecule has 0 atom stereocenters. The van der Waals surface area contributed by atoms with Crippen LogP contribution in [-0.4, -0.2) is 34.3 Å². The number of nitrogens with one attached hydrogen (secondary N) is 1. The van der Waals surface area contributed by atoms with Crippen molar-refractivity contribution in [2.45, 2.75) is 77.8 Å². The fraction of sp³-hybridized carbons (Fsp3) is 0.560. The van der Waals surface area contributed by atoms with Crippen molar-refractivity contribution in [3.8, 4) is 6.07 Å². The molecule has 1 saturated heterocycles. The summed E-state index contributed by atoms with van der Waals surface area (Å²) >= 11 is 6.08. The minimum Gasteiger partial charge on any atom is -0.381 e. The van der Waals surface area contributed by atoms with Crippen LogP contribution in [0.4, 0.5) is 4.39 Å². The van der Waals surface area contributed by atoms with Gasteiger partial charge in [0.25, 0.3) is 0 Å². The Labute approximate surface area is 195 Å². The second-order valence-corrected chi connectivity index (χ2v) is 8.09. The molecule has 0 unspecified atom stereocenters. The van der Waals surface area contributed by atoms with Crippen LogP contribution < -0.4 is 0 Å². The second-order valence-electron chi connectivity index (χ2n) is 7.65. The van der Waals surface area contributed by atoms with Gasteiger partial charge in [0.05, 0.1) is 28.8 Å². The Morgan fingerprint density at radius 1 is 1.12 bits per heavy atom. The van der Waals surface area contributed by atoms with Crippen LogP contribution in [0.15, 0.2) is 24.4 Å². The monoisotopic (exact) mass is 460 g/mol. The van der Waals surface area contributed by atoms with E-state index >= 15 is 0 Å². The first-order chi connectivity index (χ1) is 15.6. The summed E-state index contributed by atoms with van der Waals surface area (Å²) < 4.78 is 18.3. The van der Waals surface area contributed by atoms with Crippen molar-refractivity contribution in [2.24, 2.45) is 0 Å². The average Bonchev–Trinajstić information content (AvgIpc) is 3.28. The largest absolute Gasteiger partial charge is 0.381 e. The lowest BCUT2D eigenvalue weighted by molar-refractivity contribution is 0.0968. The number of nitriles is 1. The first-order valence-corrected chi connectivity index (χ1v) is 12.0. The topological polar surface area (TPSA) is 74.6 Å². The highest BCUT2D eigenvalue weighted by atomic mass is 35.5. The van der Waals surface area contributed by atoms with E-state index in [1.165, 1.54) is 26.2 Å². The van der Waals surface area contributed by atoms with Crippen molar-refractivity contribution in [1.82, 2.24) is 15.0 Å². The zero-order valence-electron chi connectivity index (χ0n) is 19.3. The molecule has 3 heterocycles. The molecule has 0 amide bonds. The van der Waals surface area contributed by atoms with E-state index in [4.69, 9.17) is 26.6 Å². The van der Waals surface area contributed by atoms with Crippen LogP contribution in [0.3, 0.4) is 0 Å². The number of rotatable bonds is 1. The predicted molar refractivity (Wildman–Crippen MR) is 130 cm³/mol. The number of nitrogens with zero attached hydrogens (tertiary/aromatic N) is 3. The highest BCUT2D eigenvalue weighted by Gasteiger charge is 2.24. The summed E-state index contributed by atoms with van der Waals surface area (Å²) in [7, 11) is 0. The van der Waals surface area contributed by atoms with Gasteiger partial charge in [-0.05, 0) is 63.1 Å². The molecule has 2 fully saturated rings. The maximum atomic E-state index is 13.3. The summed E-state index contributed by atoms with van der Waals surface area (Å²) in [6, 6.07) is 7.38. The third-order valence-electron chi connectivity index (χ3n) is 5.42. The van der Waals surface area contributed by atoms with Crippen LogP contribution in [0.1, 0.15) is 77.5 Å². The molecule has 1 aromatic carbocycles. The number of alkyl halides is 1. The smallest absolute Gasteiger partial charge is 0.110 e. The molecule has 3 aromatic rings. The van der Waals surface area contributed by atoms with Crippen LogP contribution >= 0.6 is 11.6 Å². The fourth-order valence-corrected chi connectivity index (χ4v) is 4.03. The van der Waals surface area contributed by atoms with E-state index < -0.39 is 6.17 Å². The summed E-state index contributed by atoms with van der Waals surface area (Å²) in [5, 5.41) is 8.96. The maximum Gasteiger partial charge on any atom is 0.110 e. The van der Waals surface area contributed by atoms with Crippen LogP contribution in [0.25, 0.3) is 21.9 Å². The normalized spacial score (nSPS) is 20.0. The average molecular weight is 461 g/mol. The molecule has 0 bridgehead atoms. The minimum atomic E-state index is -0.646. The number of imidazole rings is 1. The predicted octanol–water partition coefficient (Wildman–Crippen LogP) is 7.50. The Balaban J connectivity index is 0.000000277. The zero-order chi connectivity index (χ0) is 23.3. The van der Waals surface area contributed by atoms with E-state index in [0.717, 1.165) is 53.8 Å². The van der Waals surface area contributed by atoms with Crippen LogP contribution in [0, 0.1) is 11.3 Å². The van der Waals surface area contributed by atoms with Gasteiger partial charge in [-0.15, -0.1) is 0 Å². The summed E-state index contributed by atoms with van der Waals surface area (Å²) in [6.07, 6.45) is 8.06. The standard InChI is InChI=1S/C16H15ClFN3.C5H10O.C2H3N.C2H6/c17-10-3-6-13-12(7-10)15-14(8-19-13)20-16(21-15)9-1-4-11(18)5-2-9;1-2-4-6-5-3-1;1-2-3;1-2/h3,6-9,11H,1-2,4-5H2,(H,20,21);1-5H2;1H3;1-2H3. The van der Waals surface area contributed by atoms with Gasteiger partial charge in [-0.25, -0.2) is 9.37 Å². The van der Waals surface area contributed by atoms with Crippen molar-refractivity contribution >= 4 is 33.5 Å². The number of hydrogen-bond acceptors (Lipinski definition) is 4. The van der Waals surface area contributed by atoms with Gasteiger partial charge in [-0.2, -0.15) is 5.26 Å². The number of benzene rings is 1. The number of hydrogen-bond donors (Lipinski definition) is 1. The number of aromatic amines is 1. The Morgan fingerprint density at radius 3 is 2.34 bits per heavy atom. The van der Waals surface area contributed by atoms with Crippen LogP contribution in [0.2, 0.25) is 5.02 Å². The van der Waals surface area contributed by atoms with Crippen LogP contribution in [0.5, 0.6) is 0 Å². The molecule has 7 heteroatoms. The Morgan fingerprint density at radius 2 is 1.78 bits per heavy atom. The van der Waals surface area contributed by atoms with E-state index in [9.17, 15) is 4.39 Å². The lowest BCUT2D eigenvalue weighted by Crippen LogP contribution is -2.14. The summed E-state index contributed by atoms with van der Waals surface area (Å²) in [5.41, 5.74) is 2.71. The van der Waals surface area contributed by atoms with Gasteiger partial charge in [-0.3, -0.25) is 4.98 Å². The number of pyridine rings is 1. The summed E-state index contributed by atoms with van der Waals surface area (Å²) in [6.45, 7) is 7.43. The van der Waals surface area contributed by atoms with Crippen LogP contribution in [-0.2, 0) is 4.74 Å². The Kier molecular flexibility index (Phi) is 11.4. The van der Waals surface area contributed by atoms with Gasteiger partial charge in [0.15, 0.2) is 0 Å². The molecule has 1 N–H and O–H groups in total. The third kappa shape index (κ3) is 7.43. The molecule has 1 saturated carbocycles. The molecule has 0 spiro atoms. The summed E-state index contributed by atoms with van der Waals surface area (Å²) in [5.74, 6) is 1.27. The van der Waals surface area contributed by atoms with Crippen molar-refractivity contribution in [2.75, 3.05) is 13.2 Å². The summed E-state index contributed by atoms with van der Waals surface area (Å²) in [4.78, 5) is 12.5. The molecule has 32 heavy (non-hydrogen) atoms. The molecule has 5 nitrogen and oxygen atoms in total. The van der Waals surface area contributed by atoms with Gasteiger partial charge in [0, 0.05) is 36.5 Å². The number of aromatic nitrogens is 3. The zero-order valence-corrected chi connectivity index (χ0v) is 20.1.